The molecular formula is C11H13Br2NO2S. The van der Waals surface area contributed by atoms with Crippen molar-refractivity contribution in [3.63, 3.8) is 0 Å². The lowest BCUT2D eigenvalue weighted by Gasteiger charge is -2.13. The molecule has 1 fully saturated rings. The van der Waals surface area contributed by atoms with E-state index in [9.17, 15) is 8.42 Å². The highest BCUT2D eigenvalue weighted by atomic mass is 79.9. The fourth-order valence-electron chi connectivity index (χ4n) is 2.02. The average molecular weight is 383 g/mol. The van der Waals surface area contributed by atoms with Gasteiger partial charge in [-0.2, -0.15) is 0 Å². The molecular weight excluding hydrogens is 370 g/mol. The minimum atomic E-state index is -3.41. The van der Waals surface area contributed by atoms with Gasteiger partial charge in [0.15, 0.2) is 0 Å². The molecule has 0 aliphatic heterocycles. The zero-order valence-electron chi connectivity index (χ0n) is 9.12. The van der Waals surface area contributed by atoms with Crippen LogP contribution in [0.1, 0.15) is 25.7 Å². The molecule has 0 radical (unpaired) electrons. The van der Waals surface area contributed by atoms with Crippen LogP contribution in [-0.4, -0.2) is 14.5 Å². The van der Waals surface area contributed by atoms with Gasteiger partial charge in [0.1, 0.15) is 0 Å². The molecule has 6 heteroatoms. The van der Waals surface area contributed by atoms with Crippen LogP contribution < -0.4 is 4.72 Å². The van der Waals surface area contributed by atoms with Crippen LogP contribution in [0.4, 0.5) is 0 Å². The van der Waals surface area contributed by atoms with Gasteiger partial charge in [0.05, 0.1) is 4.90 Å². The molecule has 94 valence electrons. The van der Waals surface area contributed by atoms with Gasteiger partial charge in [-0.15, -0.1) is 0 Å². The molecule has 0 aromatic heterocycles. The molecule has 0 amide bonds. The number of benzene rings is 1. The van der Waals surface area contributed by atoms with Crippen LogP contribution in [0.3, 0.4) is 0 Å². The Morgan fingerprint density at radius 3 is 2.41 bits per heavy atom. The van der Waals surface area contributed by atoms with E-state index in [0.29, 0.717) is 9.37 Å². The van der Waals surface area contributed by atoms with Crippen molar-refractivity contribution in [1.29, 1.82) is 0 Å². The molecule has 0 bridgehead atoms. The first-order chi connectivity index (χ1) is 7.99. The lowest BCUT2D eigenvalue weighted by atomic mass is 10.3. The van der Waals surface area contributed by atoms with Crippen molar-refractivity contribution < 1.29 is 8.42 Å². The van der Waals surface area contributed by atoms with Crippen molar-refractivity contribution in [2.75, 3.05) is 0 Å². The van der Waals surface area contributed by atoms with Gasteiger partial charge in [-0.25, -0.2) is 13.1 Å². The molecule has 1 aromatic rings. The van der Waals surface area contributed by atoms with Crippen LogP contribution in [0.15, 0.2) is 32.0 Å². The van der Waals surface area contributed by atoms with Crippen molar-refractivity contribution in [2.45, 2.75) is 36.6 Å². The van der Waals surface area contributed by atoms with Gasteiger partial charge in [0, 0.05) is 15.0 Å². The predicted molar refractivity (Wildman–Crippen MR) is 74.4 cm³/mol. The fourth-order valence-corrected chi connectivity index (χ4v) is 5.07. The summed E-state index contributed by atoms with van der Waals surface area (Å²) in [4.78, 5) is 0.299. The highest BCUT2D eigenvalue weighted by Crippen LogP contribution is 2.27. The highest BCUT2D eigenvalue weighted by molar-refractivity contribution is 9.11. The maximum atomic E-state index is 12.2. The predicted octanol–water partition coefficient (Wildman–Crippen LogP) is 3.43. The molecule has 0 atom stereocenters. The smallest absolute Gasteiger partial charge is 0.208 e. The first kappa shape index (κ1) is 13.5. The molecule has 0 saturated heterocycles. The quantitative estimate of drug-likeness (QED) is 0.870. The number of hydrogen-bond acceptors (Lipinski definition) is 2. The summed E-state index contributed by atoms with van der Waals surface area (Å²) in [5.74, 6) is 0. The van der Waals surface area contributed by atoms with Gasteiger partial charge in [-0.3, -0.25) is 0 Å². The van der Waals surface area contributed by atoms with Crippen molar-refractivity contribution in [3.05, 3.63) is 27.1 Å². The van der Waals surface area contributed by atoms with E-state index in [1.54, 1.807) is 18.2 Å². The first-order valence-corrected chi connectivity index (χ1v) is 8.53. The summed E-state index contributed by atoms with van der Waals surface area (Å²) in [6.07, 6.45) is 4.09. The van der Waals surface area contributed by atoms with Crippen molar-refractivity contribution >= 4 is 41.9 Å². The maximum absolute atomic E-state index is 12.2. The second kappa shape index (κ2) is 5.38. The molecule has 0 unspecified atom stereocenters. The van der Waals surface area contributed by atoms with E-state index in [1.807, 2.05) is 0 Å². The number of sulfonamides is 1. The fraction of sp³-hybridized carbons (Fsp3) is 0.455. The summed E-state index contributed by atoms with van der Waals surface area (Å²) in [7, 11) is -3.41. The lowest BCUT2D eigenvalue weighted by Crippen LogP contribution is -2.32. The minimum Gasteiger partial charge on any atom is -0.208 e. The van der Waals surface area contributed by atoms with Crippen molar-refractivity contribution in [2.24, 2.45) is 0 Å². The van der Waals surface area contributed by atoms with E-state index in [-0.39, 0.29) is 6.04 Å². The van der Waals surface area contributed by atoms with Crippen LogP contribution in [0, 0.1) is 0 Å². The lowest BCUT2D eigenvalue weighted by molar-refractivity contribution is 0.552. The van der Waals surface area contributed by atoms with Crippen LogP contribution in [-0.2, 0) is 10.0 Å². The van der Waals surface area contributed by atoms with E-state index in [1.165, 1.54) is 0 Å². The third-order valence-corrected chi connectivity index (χ3v) is 5.85. The van der Waals surface area contributed by atoms with Crippen LogP contribution in [0.2, 0.25) is 0 Å². The van der Waals surface area contributed by atoms with Gasteiger partial charge in [0.2, 0.25) is 10.0 Å². The molecule has 1 aromatic carbocycles. The number of nitrogens with one attached hydrogen (secondary N) is 1. The number of halogens is 2. The monoisotopic (exact) mass is 381 g/mol. The summed E-state index contributed by atoms with van der Waals surface area (Å²) < 4.78 is 28.5. The Morgan fingerprint density at radius 1 is 1.18 bits per heavy atom. The Kier molecular flexibility index (Phi) is 4.28. The standard InChI is InChI=1S/C11H13Br2NO2S/c12-8-5-6-11(10(13)7-8)17(15,16)14-9-3-1-2-4-9/h5-7,9,14H,1-4H2. The van der Waals surface area contributed by atoms with Crippen LogP contribution >= 0.6 is 31.9 Å². The molecule has 1 saturated carbocycles. The maximum Gasteiger partial charge on any atom is 0.241 e. The average Bonchev–Trinajstić information content (AvgIpc) is 2.68. The highest BCUT2D eigenvalue weighted by Gasteiger charge is 2.24. The molecule has 0 spiro atoms. The normalized spacial score (nSPS) is 17.5. The van der Waals surface area contributed by atoms with Crippen molar-refractivity contribution in [1.82, 2.24) is 4.72 Å². The van der Waals surface area contributed by atoms with E-state index >= 15 is 0 Å². The number of rotatable bonds is 3. The van der Waals surface area contributed by atoms with Crippen LogP contribution in [0.25, 0.3) is 0 Å². The molecule has 1 N–H and O–H groups in total. The van der Waals surface area contributed by atoms with Gasteiger partial charge in [0.25, 0.3) is 0 Å². The zero-order chi connectivity index (χ0) is 12.5. The van der Waals surface area contributed by atoms with E-state index in [0.717, 1.165) is 30.2 Å². The summed E-state index contributed by atoms with van der Waals surface area (Å²) >= 11 is 6.59. The Balaban J connectivity index is 2.24. The third kappa shape index (κ3) is 3.30. The Morgan fingerprint density at radius 2 is 1.82 bits per heavy atom. The SMILES string of the molecule is O=S(=O)(NC1CCCC1)c1ccc(Br)cc1Br. The second-order valence-electron chi connectivity index (χ2n) is 4.18. The van der Waals surface area contributed by atoms with Crippen LogP contribution in [0.5, 0.6) is 0 Å². The van der Waals surface area contributed by atoms with Gasteiger partial charge < -0.3 is 0 Å². The van der Waals surface area contributed by atoms with Crippen molar-refractivity contribution in [3.8, 4) is 0 Å². The summed E-state index contributed by atoms with van der Waals surface area (Å²) in [6, 6.07) is 5.17. The summed E-state index contributed by atoms with van der Waals surface area (Å²) in [5, 5.41) is 0. The molecule has 2 rings (SSSR count). The molecule has 1 aliphatic rings. The minimum absolute atomic E-state index is 0.0931. The number of hydrogen-bond donors (Lipinski definition) is 1. The topological polar surface area (TPSA) is 46.2 Å². The molecule has 1 aliphatic carbocycles. The van der Waals surface area contributed by atoms with E-state index in [4.69, 9.17) is 0 Å². The Hall–Kier alpha value is 0.0900. The summed E-state index contributed by atoms with van der Waals surface area (Å²) in [6.45, 7) is 0. The van der Waals surface area contributed by atoms with E-state index < -0.39 is 10.0 Å². The van der Waals surface area contributed by atoms with Gasteiger partial charge in [-0.1, -0.05) is 28.8 Å². The van der Waals surface area contributed by atoms with Gasteiger partial charge >= 0.3 is 0 Å². The molecule has 0 heterocycles. The largest absolute Gasteiger partial charge is 0.241 e. The Bertz CT molecular complexity index is 510. The second-order valence-corrected chi connectivity index (χ2v) is 7.63. The first-order valence-electron chi connectivity index (χ1n) is 5.46. The zero-order valence-corrected chi connectivity index (χ0v) is 13.1. The molecule has 17 heavy (non-hydrogen) atoms. The van der Waals surface area contributed by atoms with E-state index in [2.05, 4.69) is 36.6 Å². The van der Waals surface area contributed by atoms with Gasteiger partial charge in [-0.05, 0) is 47.0 Å². The summed E-state index contributed by atoms with van der Waals surface area (Å²) in [5.41, 5.74) is 0. The third-order valence-electron chi connectivity index (χ3n) is 2.86. The Labute approximate surface area is 118 Å². The molecule has 3 nitrogen and oxygen atoms in total.